The predicted octanol–water partition coefficient (Wildman–Crippen LogP) is 0.199. The summed E-state index contributed by atoms with van der Waals surface area (Å²) < 4.78 is 18.5. The van der Waals surface area contributed by atoms with E-state index in [4.69, 9.17) is 4.74 Å². The van der Waals surface area contributed by atoms with E-state index in [0.29, 0.717) is 26.3 Å². The van der Waals surface area contributed by atoms with Crippen molar-refractivity contribution in [3.8, 4) is 0 Å². The fourth-order valence-electron chi connectivity index (χ4n) is 1.91. The second kappa shape index (κ2) is 6.95. The number of hydrogen-bond acceptors (Lipinski definition) is 4. The summed E-state index contributed by atoms with van der Waals surface area (Å²) in [5.41, 5.74) is -0.0705. The van der Waals surface area contributed by atoms with Crippen LogP contribution in [0.3, 0.4) is 0 Å². The topological polar surface area (TPSA) is 71.5 Å². The first kappa shape index (κ1) is 14.4. The van der Waals surface area contributed by atoms with E-state index in [1.807, 2.05) is 0 Å². The lowest BCUT2D eigenvalue weighted by atomic mass is 10.2. The van der Waals surface area contributed by atoms with Gasteiger partial charge in [0.05, 0.1) is 25.0 Å². The largest absolute Gasteiger partial charge is 0.378 e. The van der Waals surface area contributed by atoms with Gasteiger partial charge in [-0.1, -0.05) is 0 Å². The minimum Gasteiger partial charge on any atom is -0.378 e. The molecule has 0 spiro atoms. The van der Waals surface area contributed by atoms with Crippen molar-refractivity contribution >= 4 is 11.8 Å². The van der Waals surface area contributed by atoms with Gasteiger partial charge in [-0.25, -0.2) is 4.39 Å². The van der Waals surface area contributed by atoms with Crippen molar-refractivity contribution in [2.24, 2.45) is 0 Å². The number of pyridine rings is 1. The van der Waals surface area contributed by atoms with E-state index < -0.39 is 11.7 Å². The van der Waals surface area contributed by atoms with Gasteiger partial charge in [0.25, 0.3) is 5.91 Å². The normalized spacial score (nSPS) is 14.9. The maximum absolute atomic E-state index is 13.3. The summed E-state index contributed by atoms with van der Waals surface area (Å²) in [4.78, 5) is 28.8. The fraction of sp³-hybridized carbons (Fsp3) is 0.462. The molecule has 0 saturated carbocycles. The van der Waals surface area contributed by atoms with Crippen LogP contribution in [0.4, 0.5) is 4.39 Å². The molecule has 1 N–H and O–H groups in total. The molecule has 1 saturated heterocycles. The Balaban J connectivity index is 1.76. The fourth-order valence-corrected chi connectivity index (χ4v) is 1.91. The van der Waals surface area contributed by atoms with E-state index in [9.17, 15) is 14.0 Å². The van der Waals surface area contributed by atoms with E-state index >= 15 is 0 Å². The number of carbonyl (C=O) groups excluding carboxylic acids is 2. The van der Waals surface area contributed by atoms with Crippen molar-refractivity contribution in [1.82, 2.24) is 15.2 Å². The number of halogens is 1. The summed E-state index contributed by atoms with van der Waals surface area (Å²) in [6.45, 7) is 2.41. The number of rotatable bonds is 4. The van der Waals surface area contributed by atoms with Gasteiger partial charge in [0, 0.05) is 32.3 Å². The van der Waals surface area contributed by atoms with Crippen molar-refractivity contribution in [3.05, 3.63) is 29.8 Å². The second-order valence-electron chi connectivity index (χ2n) is 4.35. The van der Waals surface area contributed by atoms with Gasteiger partial charge in [-0.15, -0.1) is 0 Å². The van der Waals surface area contributed by atoms with Crippen LogP contribution in [0.5, 0.6) is 0 Å². The van der Waals surface area contributed by atoms with Gasteiger partial charge >= 0.3 is 0 Å². The maximum Gasteiger partial charge on any atom is 0.254 e. The number of amides is 2. The summed E-state index contributed by atoms with van der Waals surface area (Å²) >= 11 is 0. The summed E-state index contributed by atoms with van der Waals surface area (Å²) in [6, 6.07) is 1.30. The van der Waals surface area contributed by atoms with E-state index in [0.717, 1.165) is 6.20 Å². The SMILES string of the molecule is O=C(NCCC(=O)N1CCOCC1)c1ccncc1F. The Morgan fingerprint density at radius 1 is 1.40 bits per heavy atom. The standard InChI is InChI=1S/C13H16FN3O3/c14-11-9-15-3-1-10(11)13(19)16-4-2-12(18)17-5-7-20-8-6-17/h1,3,9H,2,4-8H2,(H,16,19). The van der Waals surface area contributed by atoms with Crippen molar-refractivity contribution < 1.29 is 18.7 Å². The zero-order chi connectivity index (χ0) is 14.4. The summed E-state index contributed by atoms with van der Waals surface area (Å²) in [6.07, 6.45) is 2.52. The zero-order valence-electron chi connectivity index (χ0n) is 11.0. The quantitative estimate of drug-likeness (QED) is 0.856. The summed E-state index contributed by atoms with van der Waals surface area (Å²) in [7, 11) is 0. The first-order chi connectivity index (χ1) is 9.68. The van der Waals surface area contributed by atoms with Crippen LogP contribution in [-0.4, -0.2) is 54.5 Å². The van der Waals surface area contributed by atoms with Crippen molar-refractivity contribution in [2.45, 2.75) is 6.42 Å². The van der Waals surface area contributed by atoms with Gasteiger partial charge in [-0.2, -0.15) is 0 Å². The lowest BCUT2D eigenvalue weighted by molar-refractivity contribution is -0.135. The third-order valence-corrected chi connectivity index (χ3v) is 3.01. The monoisotopic (exact) mass is 281 g/mol. The molecule has 1 aromatic rings. The molecule has 6 nitrogen and oxygen atoms in total. The van der Waals surface area contributed by atoms with Crippen LogP contribution in [0.1, 0.15) is 16.8 Å². The van der Waals surface area contributed by atoms with Gasteiger partial charge in [0.1, 0.15) is 0 Å². The Labute approximate surface area is 115 Å². The highest BCUT2D eigenvalue weighted by atomic mass is 19.1. The lowest BCUT2D eigenvalue weighted by Crippen LogP contribution is -2.42. The lowest BCUT2D eigenvalue weighted by Gasteiger charge is -2.26. The van der Waals surface area contributed by atoms with Crippen LogP contribution in [0.2, 0.25) is 0 Å². The number of nitrogens with one attached hydrogen (secondary N) is 1. The molecule has 0 radical (unpaired) electrons. The van der Waals surface area contributed by atoms with E-state index in [2.05, 4.69) is 10.3 Å². The van der Waals surface area contributed by atoms with Crippen LogP contribution in [-0.2, 0) is 9.53 Å². The van der Waals surface area contributed by atoms with Crippen LogP contribution in [0.15, 0.2) is 18.5 Å². The van der Waals surface area contributed by atoms with Gasteiger partial charge in [0.2, 0.25) is 5.91 Å². The first-order valence-electron chi connectivity index (χ1n) is 6.41. The Kier molecular flexibility index (Phi) is 5.00. The van der Waals surface area contributed by atoms with E-state index in [-0.39, 0.29) is 24.4 Å². The number of aromatic nitrogens is 1. The van der Waals surface area contributed by atoms with Gasteiger partial charge in [-0.05, 0) is 6.07 Å². The molecule has 1 aliphatic heterocycles. The highest BCUT2D eigenvalue weighted by Gasteiger charge is 2.17. The number of morpholine rings is 1. The molecule has 1 aromatic heterocycles. The predicted molar refractivity (Wildman–Crippen MR) is 68.5 cm³/mol. The molecule has 20 heavy (non-hydrogen) atoms. The molecule has 0 aromatic carbocycles. The molecule has 1 aliphatic rings. The first-order valence-corrected chi connectivity index (χ1v) is 6.41. The third-order valence-electron chi connectivity index (χ3n) is 3.01. The van der Waals surface area contributed by atoms with Gasteiger partial charge < -0.3 is 15.0 Å². The third kappa shape index (κ3) is 3.74. The molecule has 2 heterocycles. The minimum absolute atomic E-state index is 0.0381. The minimum atomic E-state index is -0.676. The number of nitrogens with zero attached hydrogens (tertiary/aromatic N) is 2. The Morgan fingerprint density at radius 2 is 2.15 bits per heavy atom. The highest BCUT2D eigenvalue weighted by Crippen LogP contribution is 2.04. The molecule has 0 atom stereocenters. The summed E-state index contributed by atoms with van der Waals surface area (Å²) in [5.74, 6) is -1.26. The Hall–Kier alpha value is -2.02. The number of hydrogen-bond donors (Lipinski definition) is 1. The number of ether oxygens (including phenoxy) is 1. The molecule has 0 bridgehead atoms. The number of carbonyl (C=O) groups is 2. The second-order valence-corrected chi connectivity index (χ2v) is 4.35. The molecule has 2 rings (SSSR count). The highest BCUT2D eigenvalue weighted by molar-refractivity contribution is 5.94. The van der Waals surface area contributed by atoms with Gasteiger partial charge in [-0.3, -0.25) is 14.6 Å². The molecule has 7 heteroatoms. The molecule has 0 aliphatic carbocycles. The maximum atomic E-state index is 13.3. The Morgan fingerprint density at radius 3 is 2.85 bits per heavy atom. The van der Waals surface area contributed by atoms with Crippen molar-refractivity contribution in [3.63, 3.8) is 0 Å². The van der Waals surface area contributed by atoms with Gasteiger partial charge in [0.15, 0.2) is 5.82 Å². The van der Waals surface area contributed by atoms with Crippen LogP contribution in [0.25, 0.3) is 0 Å². The van der Waals surface area contributed by atoms with Crippen LogP contribution >= 0.6 is 0 Å². The van der Waals surface area contributed by atoms with E-state index in [1.165, 1.54) is 12.3 Å². The average Bonchev–Trinajstić information content (AvgIpc) is 2.48. The molecule has 2 amide bonds. The van der Waals surface area contributed by atoms with Crippen molar-refractivity contribution in [2.75, 3.05) is 32.8 Å². The smallest absolute Gasteiger partial charge is 0.254 e. The molecule has 0 unspecified atom stereocenters. The molecule has 1 fully saturated rings. The van der Waals surface area contributed by atoms with E-state index in [1.54, 1.807) is 4.90 Å². The molecule has 108 valence electrons. The van der Waals surface area contributed by atoms with Crippen LogP contribution < -0.4 is 5.32 Å². The van der Waals surface area contributed by atoms with Crippen LogP contribution in [0, 0.1) is 5.82 Å². The van der Waals surface area contributed by atoms with Crippen molar-refractivity contribution in [1.29, 1.82) is 0 Å². The summed E-state index contributed by atoms with van der Waals surface area (Å²) in [5, 5.41) is 2.52. The molecular weight excluding hydrogens is 265 g/mol. The zero-order valence-corrected chi connectivity index (χ0v) is 11.0. The Bertz CT molecular complexity index is 490. The molecular formula is C13H16FN3O3. The average molecular weight is 281 g/mol.